The molecule has 6 rings (SSSR count). The number of amides is 3. The van der Waals surface area contributed by atoms with E-state index in [0.29, 0.717) is 22.6 Å². The van der Waals surface area contributed by atoms with Crippen LogP contribution in [0.3, 0.4) is 0 Å². The van der Waals surface area contributed by atoms with E-state index in [1.807, 2.05) is 37.3 Å². The van der Waals surface area contributed by atoms with Crippen LogP contribution in [0.1, 0.15) is 74.1 Å². The number of allylic oxidation sites excluding steroid dienone is 1. The van der Waals surface area contributed by atoms with Gasteiger partial charge in [0.15, 0.2) is 12.1 Å². The largest absolute Gasteiger partial charge is 0.458 e. The minimum absolute atomic E-state index is 0.00759. The molecule has 1 unspecified atom stereocenters. The highest BCUT2D eigenvalue weighted by atomic mass is 16.6. The van der Waals surface area contributed by atoms with E-state index >= 15 is 0 Å². The predicted octanol–water partition coefficient (Wildman–Crippen LogP) is 4.50. The molecule has 2 aromatic carbocycles. The van der Waals surface area contributed by atoms with Crippen molar-refractivity contribution in [3.63, 3.8) is 0 Å². The third-order valence-electron chi connectivity index (χ3n) is 10.3. The van der Waals surface area contributed by atoms with Gasteiger partial charge in [0.25, 0.3) is 5.91 Å². The third-order valence-corrected chi connectivity index (χ3v) is 10.3. The van der Waals surface area contributed by atoms with Gasteiger partial charge >= 0.3 is 11.9 Å². The summed E-state index contributed by atoms with van der Waals surface area (Å²) in [6, 6.07) is 16.0. The lowest BCUT2D eigenvalue weighted by molar-refractivity contribution is -0.155. The molecular formula is C48H56N10O10. The first-order valence-corrected chi connectivity index (χ1v) is 22.0. The number of esters is 2. The second-order valence-electron chi connectivity index (χ2n) is 17.1. The normalized spacial score (nSPS) is 16.7. The molecule has 358 valence electrons. The molecule has 0 fully saturated rings. The smallest absolute Gasteiger partial charge is 0.341 e. The molecule has 0 spiro atoms. The number of Topliss-reactive ketones (excluding diaryl/α,β-unsaturated/α-hetero) is 1. The average Bonchev–Trinajstić information content (AvgIpc) is 3.76. The molecule has 2 aromatic heterocycles. The Bertz CT molecular complexity index is 2570. The molecule has 1 aliphatic heterocycles. The summed E-state index contributed by atoms with van der Waals surface area (Å²) in [5.74, 6) is -2.79. The van der Waals surface area contributed by atoms with Gasteiger partial charge in [-0.3, -0.25) is 29.0 Å². The SMILES string of the molecule is Cc1cc(NC(=O)c2cccc(NC(=O)CCOCCOCCNC(=O)Cn3cc(COC(=O)[C@@]4(C)C=C(C(=O)OC(C)(C)C)C(=O)CC4)nn3)c2)ccc1NC1N=CC=C(c2cccnc2)N1. The molecule has 0 radical (unpaired) electrons. The van der Waals surface area contributed by atoms with Gasteiger partial charge in [0.1, 0.15) is 24.4 Å². The van der Waals surface area contributed by atoms with Crippen LogP contribution < -0.4 is 26.6 Å². The molecule has 5 N–H and O–H groups in total. The zero-order valence-corrected chi connectivity index (χ0v) is 38.6. The van der Waals surface area contributed by atoms with Crippen LogP contribution in [-0.2, 0) is 56.1 Å². The average molecular weight is 933 g/mol. The number of hydrogen-bond acceptors (Lipinski definition) is 16. The van der Waals surface area contributed by atoms with Gasteiger partial charge in [-0.2, -0.15) is 0 Å². The molecule has 2 atom stereocenters. The molecule has 1 aliphatic carbocycles. The number of rotatable bonds is 21. The van der Waals surface area contributed by atoms with Gasteiger partial charge in [0.05, 0.1) is 50.0 Å². The maximum Gasteiger partial charge on any atom is 0.341 e. The summed E-state index contributed by atoms with van der Waals surface area (Å²) in [4.78, 5) is 84.8. The van der Waals surface area contributed by atoms with Gasteiger partial charge in [-0.1, -0.05) is 11.3 Å². The number of ketones is 1. The van der Waals surface area contributed by atoms with E-state index in [0.717, 1.165) is 22.5 Å². The summed E-state index contributed by atoms with van der Waals surface area (Å²) >= 11 is 0. The van der Waals surface area contributed by atoms with Crippen molar-refractivity contribution in [1.29, 1.82) is 0 Å². The van der Waals surface area contributed by atoms with Crippen LogP contribution in [0.5, 0.6) is 0 Å². The van der Waals surface area contributed by atoms with Crippen molar-refractivity contribution >= 4 is 64.4 Å². The number of carbonyl (C=O) groups excluding carboxylic acids is 6. The number of carbonyl (C=O) groups is 6. The molecule has 2 aliphatic rings. The first-order chi connectivity index (χ1) is 32.5. The van der Waals surface area contributed by atoms with Gasteiger partial charge < -0.3 is 45.5 Å². The highest BCUT2D eigenvalue weighted by Gasteiger charge is 2.41. The molecule has 3 amide bonds. The Labute approximate surface area is 393 Å². The van der Waals surface area contributed by atoms with Crippen molar-refractivity contribution in [2.24, 2.45) is 10.4 Å². The molecule has 0 bridgehead atoms. The maximum atomic E-state index is 13.1. The number of nitrogens with one attached hydrogen (secondary N) is 5. The predicted molar refractivity (Wildman–Crippen MR) is 251 cm³/mol. The Morgan fingerprint density at radius 1 is 0.941 bits per heavy atom. The number of benzene rings is 2. The fourth-order valence-electron chi connectivity index (χ4n) is 6.81. The summed E-state index contributed by atoms with van der Waals surface area (Å²) in [5, 5.41) is 23.0. The first-order valence-electron chi connectivity index (χ1n) is 22.0. The van der Waals surface area contributed by atoms with Crippen LogP contribution in [0.2, 0.25) is 0 Å². The summed E-state index contributed by atoms with van der Waals surface area (Å²) < 4.78 is 23.1. The standard InChI is InChI=1S/C48H56N10O10/c1-31-24-35(11-12-38(31)54-46-51-18-14-39(55-46)33-9-7-17-49-27-33)53-43(62)32-8-6-10-34(25-32)52-41(60)15-20-65-22-23-66-21-19-50-42(61)29-58-28-36(56-57-58)30-67-45(64)48(5)16-13-40(59)37(26-48)44(63)68-47(2,3)4/h6-12,14,17-18,24-28,46,54-55H,13,15-16,19-23,29-30H2,1-5H3,(H,50,61)(H,52,60)(H,53,62)/t46?,48-/m1/s1. The lowest BCUT2D eigenvalue weighted by Gasteiger charge is -2.29. The Balaban J connectivity index is 0.812. The minimum atomic E-state index is -1.22. The fourth-order valence-corrected chi connectivity index (χ4v) is 6.81. The molecule has 0 saturated heterocycles. The van der Waals surface area contributed by atoms with Gasteiger partial charge in [-0.25, -0.2) is 14.5 Å². The van der Waals surface area contributed by atoms with Gasteiger partial charge in [0.2, 0.25) is 11.8 Å². The van der Waals surface area contributed by atoms with Crippen molar-refractivity contribution in [2.45, 2.75) is 78.9 Å². The van der Waals surface area contributed by atoms with E-state index in [4.69, 9.17) is 18.9 Å². The topological polar surface area (TPSA) is 255 Å². The second kappa shape index (κ2) is 23.2. The highest BCUT2D eigenvalue weighted by molar-refractivity contribution is 6.18. The second-order valence-corrected chi connectivity index (χ2v) is 17.1. The molecule has 68 heavy (non-hydrogen) atoms. The van der Waals surface area contributed by atoms with E-state index in [1.54, 1.807) is 76.6 Å². The van der Waals surface area contributed by atoms with E-state index < -0.39 is 35.0 Å². The van der Waals surface area contributed by atoms with Gasteiger partial charge in [-0.05, 0) is 107 Å². The highest BCUT2D eigenvalue weighted by Crippen LogP contribution is 2.35. The van der Waals surface area contributed by atoms with Crippen LogP contribution in [0.15, 0.2) is 95.9 Å². The van der Waals surface area contributed by atoms with E-state index in [1.165, 1.54) is 17.0 Å². The van der Waals surface area contributed by atoms with E-state index in [9.17, 15) is 28.8 Å². The molecule has 20 heteroatoms. The number of hydrogen-bond donors (Lipinski definition) is 5. The van der Waals surface area contributed by atoms with Crippen molar-refractivity contribution in [3.05, 3.63) is 113 Å². The molecule has 4 aromatic rings. The van der Waals surface area contributed by atoms with Crippen LogP contribution in [0.25, 0.3) is 5.70 Å². The lowest BCUT2D eigenvalue weighted by Crippen LogP contribution is -2.36. The first kappa shape index (κ1) is 49.8. The van der Waals surface area contributed by atoms with Crippen molar-refractivity contribution in [1.82, 2.24) is 30.6 Å². The quantitative estimate of drug-likeness (QED) is 0.0438. The van der Waals surface area contributed by atoms with Crippen LogP contribution in [0.4, 0.5) is 17.1 Å². The van der Waals surface area contributed by atoms with E-state index in [2.05, 4.69) is 46.9 Å². The number of aliphatic imine (C=N–C) groups is 1. The monoisotopic (exact) mass is 932 g/mol. The molecule has 20 nitrogen and oxygen atoms in total. The number of nitrogens with zero attached hydrogens (tertiary/aromatic N) is 5. The summed E-state index contributed by atoms with van der Waals surface area (Å²) in [6.07, 6.45) is 9.76. The fraction of sp³-hybridized carbons (Fsp3) is 0.375. The van der Waals surface area contributed by atoms with Crippen LogP contribution in [-0.4, -0.2) is 106 Å². The lowest BCUT2D eigenvalue weighted by atomic mass is 9.77. The number of anilines is 3. The van der Waals surface area contributed by atoms with Crippen LogP contribution in [0, 0.1) is 12.3 Å². The number of aromatic nitrogens is 4. The number of ether oxygens (including phenoxy) is 4. The van der Waals surface area contributed by atoms with Crippen molar-refractivity contribution in [3.8, 4) is 0 Å². The Kier molecular flexibility index (Phi) is 17.0. The Morgan fingerprint density at radius 3 is 2.50 bits per heavy atom. The summed E-state index contributed by atoms with van der Waals surface area (Å²) in [7, 11) is 0. The van der Waals surface area contributed by atoms with Crippen LogP contribution >= 0.6 is 0 Å². The third kappa shape index (κ3) is 15.0. The molecule has 3 heterocycles. The number of pyridine rings is 1. The molecular weight excluding hydrogens is 877 g/mol. The summed E-state index contributed by atoms with van der Waals surface area (Å²) in [5.41, 5.74) is 3.13. The zero-order valence-electron chi connectivity index (χ0n) is 38.6. The van der Waals surface area contributed by atoms with E-state index in [-0.39, 0.29) is 88.7 Å². The Hall–Kier alpha value is -7.58. The maximum absolute atomic E-state index is 13.1. The number of aryl methyl sites for hydroxylation is 1. The molecule has 0 saturated carbocycles. The van der Waals surface area contributed by atoms with Crippen molar-refractivity contribution < 1.29 is 47.7 Å². The van der Waals surface area contributed by atoms with Gasteiger partial charge in [0, 0.05) is 65.5 Å². The van der Waals surface area contributed by atoms with Gasteiger partial charge in [-0.15, -0.1) is 5.10 Å². The Morgan fingerprint density at radius 2 is 1.74 bits per heavy atom. The van der Waals surface area contributed by atoms with Crippen molar-refractivity contribution in [2.75, 3.05) is 48.9 Å². The minimum Gasteiger partial charge on any atom is -0.458 e. The zero-order chi connectivity index (χ0) is 48.7. The summed E-state index contributed by atoms with van der Waals surface area (Å²) in [6.45, 7) is 9.27.